The van der Waals surface area contributed by atoms with Crippen LogP contribution in [-0.2, 0) is 0 Å². The van der Waals surface area contributed by atoms with E-state index in [4.69, 9.17) is 14.4 Å². The van der Waals surface area contributed by atoms with Crippen LogP contribution in [-0.4, -0.2) is 14.5 Å². The van der Waals surface area contributed by atoms with Gasteiger partial charge in [-0.25, -0.2) is 9.97 Å². The average molecular weight is 738 g/mol. The van der Waals surface area contributed by atoms with Crippen LogP contribution in [0.5, 0.6) is 0 Å². The fourth-order valence-electron chi connectivity index (χ4n) is 9.75. The highest BCUT2D eigenvalue weighted by atomic mass is 16.3. The van der Waals surface area contributed by atoms with E-state index in [2.05, 4.69) is 180 Å². The Morgan fingerprint density at radius 3 is 1.79 bits per heavy atom. The molecule has 4 nitrogen and oxygen atoms in total. The third kappa shape index (κ3) is 4.29. The van der Waals surface area contributed by atoms with Crippen molar-refractivity contribution in [1.29, 1.82) is 0 Å². The van der Waals surface area contributed by atoms with Gasteiger partial charge in [0.2, 0.25) is 5.95 Å². The first-order valence-electron chi connectivity index (χ1n) is 19.8. The molecule has 0 N–H and O–H groups in total. The van der Waals surface area contributed by atoms with Gasteiger partial charge in [-0.1, -0.05) is 158 Å². The molecule has 12 aromatic rings. The molecule has 9 aromatic carbocycles. The molecule has 0 atom stereocenters. The van der Waals surface area contributed by atoms with E-state index in [0.717, 1.165) is 65.9 Å². The lowest BCUT2D eigenvalue weighted by atomic mass is 9.85. The second kappa shape index (κ2) is 11.8. The highest BCUT2D eigenvalue weighted by molar-refractivity contribution is 6.31. The summed E-state index contributed by atoms with van der Waals surface area (Å²) >= 11 is 0. The summed E-state index contributed by atoms with van der Waals surface area (Å²) in [5, 5.41) is 10.2. The van der Waals surface area contributed by atoms with Crippen LogP contribution in [0.4, 0.5) is 0 Å². The Hall–Kier alpha value is -7.82. The van der Waals surface area contributed by atoms with Crippen molar-refractivity contribution in [2.45, 2.75) is 0 Å². The van der Waals surface area contributed by atoms with Gasteiger partial charge in [0, 0.05) is 37.9 Å². The van der Waals surface area contributed by atoms with Gasteiger partial charge in [-0.15, -0.1) is 0 Å². The van der Waals surface area contributed by atoms with Crippen molar-refractivity contribution >= 4 is 87.3 Å². The molecule has 3 aromatic heterocycles. The topological polar surface area (TPSA) is 43.9 Å². The third-order valence-corrected chi connectivity index (χ3v) is 12.1. The SMILES string of the molecule is c1ccc(C2=C(c3ccccc3)c3cccc4c3c3c5c2cccc5ccc3n4-c2nc(-c3cc4c5ccccc5oc4c4ccccc34)c3ccccc3n2)cc1. The number of benzene rings is 9. The number of rotatable bonds is 4. The van der Waals surface area contributed by atoms with Gasteiger partial charge in [0.05, 0.1) is 22.2 Å². The van der Waals surface area contributed by atoms with Crippen molar-refractivity contribution < 1.29 is 4.42 Å². The summed E-state index contributed by atoms with van der Waals surface area (Å²) in [6.45, 7) is 0. The van der Waals surface area contributed by atoms with E-state index in [1.807, 2.05) is 12.1 Å². The molecule has 4 heteroatoms. The fourth-order valence-corrected chi connectivity index (χ4v) is 9.75. The molecule has 0 bridgehead atoms. The molecule has 58 heavy (non-hydrogen) atoms. The number of nitrogens with zero attached hydrogens (tertiary/aromatic N) is 3. The number of fused-ring (bicyclic) bond motifs is 6. The normalized spacial score (nSPS) is 12.8. The van der Waals surface area contributed by atoms with E-state index in [0.29, 0.717) is 5.95 Å². The molecule has 3 heterocycles. The second-order valence-corrected chi connectivity index (χ2v) is 15.2. The Balaban J connectivity index is 1.18. The van der Waals surface area contributed by atoms with Crippen LogP contribution >= 0.6 is 0 Å². The van der Waals surface area contributed by atoms with Crippen LogP contribution in [0.25, 0.3) is 105 Å². The van der Waals surface area contributed by atoms with Gasteiger partial charge in [-0.3, -0.25) is 4.57 Å². The Morgan fingerprint density at radius 2 is 1.02 bits per heavy atom. The second-order valence-electron chi connectivity index (χ2n) is 15.2. The van der Waals surface area contributed by atoms with E-state index < -0.39 is 0 Å². The maximum atomic E-state index is 6.52. The van der Waals surface area contributed by atoms with Gasteiger partial charge >= 0.3 is 0 Å². The van der Waals surface area contributed by atoms with Gasteiger partial charge in [0.25, 0.3) is 0 Å². The molecular formula is C54H31N3O. The average Bonchev–Trinajstić information content (AvgIpc) is 3.80. The van der Waals surface area contributed by atoms with Crippen LogP contribution in [0.2, 0.25) is 0 Å². The molecule has 0 spiro atoms. The molecule has 1 aliphatic carbocycles. The minimum atomic E-state index is 0.637. The Bertz CT molecular complexity index is 3720. The maximum Gasteiger partial charge on any atom is 0.235 e. The minimum Gasteiger partial charge on any atom is -0.455 e. The highest BCUT2D eigenvalue weighted by Gasteiger charge is 2.29. The molecule has 0 radical (unpaired) electrons. The van der Waals surface area contributed by atoms with Gasteiger partial charge in [0.15, 0.2) is 0 Å². The number of aromatic nitrogens is 3. The first-order chi connectivity index (χ1) is 28.8. The van der Waals surface area contributed by atoms with Gasteiger partial charge < -0.3 is 4.42 Å². The van der Waals surface area contributed by atoms with Crippen LogP contribution in [0.3, 0.4) is 0 Å². The maximum absolute atomic E-state index is 6.52. The van der Waals surface area contributed by atoms with Crippen molar-refractivity contribution in [2.24, 2.45) is 0 Å². The molecule has 0 aliphatic heterocycles. The predicted octanol–water partition coefficient (Wildman–Crippen LogP) is 13.9. The number of para-hydroxylation sites is 2. The summed E-state index contributed by atoms with van der Waals surface area (Å²) in [6.07, 6.45) is 0. The van der Waals surface area contributed by atoms with Gasteiger partial charge in [-0.05, 0) is 79.9 Å². The highest BCUT2D eigenvalue weighted by Crippen LogP contribution is 2.50. The minimum absolute atomic E-state index is 0.637. The quantitative estimate of drug-likeness (QED) is 0.181. The van der Waals surface area contributed by atoms with Gasteiger partial charge in [0.1, 0.15) is 11.2 Å². The molecule has 0 fully saturated rings. The van der Waals surface area contributed by atoms with E-state index in [1.54, 1.807) is 0 Å². The third-order valence-electron chi connectivity index (χ3n) is 12.1. The number of furan rings is 1. The molecule has 268 valence electrons. The molecule has 0 amide bonds. The van der Waals surface area contributed by atoms with Crippen molar-refractivity contribution in [3.63, 3.8) is 0 Å². The van der Waals surface area contributed by atoms with Crippen molar-refractivity contribution in [3.8, 4) is 17.2 Å². The molecule has 13 rings (SSSR count). The Kier molecular flexibility index (Phi) is 6.41. The zero-order valence-electron chi connectivity index (χ0n) is 31.1. The first-order valence-corrected chi connectivity index (χ1v) is 19.8. The molecule has 1 aliphatic rings. The standard InChI is InChI=1S/C54H31N3O/c1-3-15-32(16-4-1)47-39-24-13-19-34-29-30-45-51(49(34)39)50-40(48(47)33-17-5-2-6-18-33)25-14-27-44(50)57(45)54-55-43-26-11-9-23-38(43)52(56-54)41-31-42-36-21-10-12-28-46(36)58-53(42)37-22-8-7-20-35(37)41/h1-31H. The Labute approximate surface area is 332 Å². The summed E-state index contributed by atoms with van der Waals surface area (Å²) in [5.74, 6) is 0.637. The lowest BCUT2D eigenvalue weighted by molar-refractivity contribution is 0.672. The van der Waals surface area contributed by atoms with Crippen LogP contribution in [0, 0.1) is 0 Å². The number of hydrogen-bond acceptors (Lipinski definition) is 3. The smallest absolute Gasteiger partial charge is 0.235 e. The zero-order chi connectivity index (χ0) is 37.9. The summed E-state index contributed by atoms with van der Waals surface area (Å²) in [6, 6.07) is 67.2. The van der Waals surface area contributed by atoms with Crippen molar-refractivity contribution in [1.82, 2.24) is 14.5 Å². The van der Waals surface area contributed by atoms with E-state index >= 15 is 0 Å². The summed E-state index contributed by atoms with van der Waals surface area (Å²) in [7, 11) is 0. The van der Waals surface area contributed by atoms with Crippen molar-refractivity contribution in [3.05, 3.63) is 210 Å². The van der Waals surface area contributed by atoms with Gasteiger partial charge in [-0.2, -0.15) is 0 Å². The first kappa shape index (κ1) is 31.4. The summed E-state index contributed by atoms with van der Waals surface area (Å²) in [5.41, 5.74) is 14.0. The summed E-state index contributed by atoms with van der Waals surface area (Å²) < 4.78 is 8.82. The zero-order valence-corrected chi connectivity index (χ0v) is 31.1. The van der Waals surface area contributed by atoms with Crippen LogP contribution in [0.15, 0.2) is 192 Å². The van der Waals surface area contributed by atoms with Crippen LogP contribution in [0.1, 0.15) is 22.3 Å². The van der Waals surface area contributed by atoms with E-state index in [-0.39, 0.29) is 0 Å². The predicted molar refractivity (Wildman–Crippen MR) is 240 cm³/mol. The Morgan fingerprint density at radius 1 is 0.397 bits per heavy atom. The van der Waals surface area contributed by atoms with E-state index in [9.17, 15) is 0 Å². The fraction of sp³-hybridized carbons (Fsp3) is 0. The van der Waals surface area contributed by atoms with Crippen molar-refractivity contribution in [2.75, 3.05) is 0 Å². The lowest BCUT2D eigenvalue weighted by Crippen LogP contribution is -2.04. The molecule has 0 unspecified atom stereocenters. The lowest BCUT2D eigenvalue weighted by Gasteiger charge is -2.19. The summed E-state index contributed by atoms with van der Waals surface area (Å²) in [4.78, 5) is 11.0. The largest absolute Gasteiger partial charge is 0.455 e. The van der Waals surface area contributed by atoms with Crippen LogP contribution < -0.4 is 0 Å². The number of hydrogen-bond donors (Lipinski definition) is 0. The molecule has 0 saturated heterocycles. The monoisotopic (exact) mass is 737 g/mol. The van der Waals surface area contributed by atoms with E-state index in [1.165, 1.54) is 54.9 Å². The molecule has 0 saturated carbocycles. The molecular weight excluding hydrogens is 707 g/mol.